The van der Waals surface area contributed by atoms with Gasteiger partial charge in [-0.05, 0) is 49.6 Å². The number of amides is 1. The first kappa shape index (κ1) is 22.1. The first-order valence-electron chi connectivity index (χ1n) is 11.2. The summed E-state index contributed by atoms with van der Waals surface area (Å²) in [7, 11) is 1.67. The fraction of sp³-hybridized carbons (Fsp3) is 0.417. The van der Waals surface area contributed by atoms with Gasteiger partial charge >= 0.3 is 0 Å². The van der Waals surface area contributed by atoms with Crippen molar-refractivity contribution < 1.29 is 14.3 Å². The van der Waals surface area contributed by atoms with E-state index >= 15 is 0 Å². The van der Waals surface area contributed by atoms with E-state index in [9.17, 15) is 4.79 Å². The molecule has 1 atom stereocenters. The third-order valence-electron chi connectivity index (χ3n) is 5.58. The minimum atomic E-state index is -0.218. The Morgan fingerprint density at radius 3 is 3.03 bits per heavy atom. The molecule has 0 spiro atoms. The lowest BCUT2D eigenvalue weighted by Crippen LogP contribution is -2.51. The molecule has 0 saturated carbocycles. The van der Waals surface area contributed by atoms with E-state index in [2.05, 4.69) is 26.7 Å². The van der Waals surface area contributed by atoms with Crippen molar-refractivity contribution in [3.05, 3.63) is 47.9 Å². The molecule has 0 bridgehead atoms. The van der Waals surface area contributed by atoms with E-state index in [0.29, 0.717) is 19.8 Å². The predicted octanol–water partition coefficient (Wildman–Crippen LogP) is 3.04. The van der Waals surface area contributed by atoms with Gasteiger partial charge < -0.3 is 30.1 Å². The monoisotopic (exact) mass is 437 g/mol. The van der Waals surface area contributed by atoms with Crippen LogP contribution in [0.5, 0.6) is 5.75 Å². The molecule has 4 rings (SSSR count). The number of ether oxygens (including phenoxy) is 2. The molecular formula is C24H31N5O3. The standard InChI is InChI=1S/C24H31N5O3/c1-31-23-15-20(19-7-5-11-25-19)29-21(23)14-18-9-8-17(28-18)6-3-2-4-10-27-24(30)22-16-32-13-12-26-22/h5,7-9,11,14-15,22,25-26,29H,2-4,6,10,12-13,16H2,1H3,(H,27,30). The molecule has 2 aliphatic heterocycles. The molecule has 4 N–H and O–H groups in total. The van der Waals surface area contributed by atoms with Crippen molar-refractivity contribution in [2.45, 2.75) is 31.7 Å². The van der Waals surface area contributed by atoms with Crippen LogP contribution in [0.2, 0.25) is 0 Å². The molecule has 8 heteroatoms. The molecule has 2 aromatic rings. The van der Waals surface area contributed by atoms with Crippen molar-refractivity contribution in [1.29, 1.82) is 0 Å². The number of carbonyl (C=O) groups is 1. The highest BCUT2D eigenvalue weighted by molar-refractivity contribution is 5.99. The zero-order valence-electron chi connectivity index (χ0n) is 18.4. The molecule has 8 nitrogen and oxygen atoms in total. The van der Waals surface area contributed by atoms with Crippen LogP contribution in [-0.2, 0) is 9.53 Å². The van der Waals surface area contributed by atoms with Gasteiger partial charge in [0.2, 0.25) is 5.91 Å². The Balaban J connectivity index is 1.21. The highest BCUT2D eigenvalue weighted by Crippen LogP contribution is 2.29. The predicted molar refractivity (Wildman–Crippen MR) is 126 cm³/mol. The lowest BCUT2D eigenvalue weighted by atomic mass is 10.1. The Bertz CT molecular complexity index is 981. The Kier molecular flexibility index (Phi) is 7.58. The van der Waals surface area contributed by atoms with Crippen LogP contribution in [0, 0.1) is 0 Å². The molecule has 0 radical (unpaired) electrons. The van der Waals surface area contributed by atoms with Gasteiger partial charge in [0, 0.05) is 31.1 Å². The van der Waals surface area contributed by atoms with Crippen LogP contribution in [0.15, 0.2) is 47.2 Å². The number of H-pyrrole nitrogens is 2. The van der Waals surface area contributed by atoms with Crippen molar-refractivity contribution in [3.63, 3.8) is 0 Å². The van der Waals surface area contributed by atoms with Gasteiger partial charge in [0.1, 0.15) is 11.8 Å². The van der Waals surface area contributed by atoms with E-state index in [-0.39, 0.29) is 11.9 Å². The highest BCUT2D eigenvalue weighted by atomic mass is 16.5. The molecule has 2 aromatic heterocycles. The minimum absolute atomic E-state index is 0.0294. The van der Waals surface area contributed by atoms with E-state index < -0.39 is 0 Å². The van der Waals surface area contributed by atoms with Crippen LogP contribution < -0.4 is 15.4 Å². The van der Waals surface area contributed by atoms with Gasteiger partial charge in [0.05, 0.1) is 43.1 Å². The van der Waals surface area contributed by atoms with Crippen LogP contribution in [0.25, 0.3) is 17.5 Å². The summed E-state index contributed by atoms with van der Waals surface area (Å²) in [6.45, 7) is 2.55. The average Bonchev–Trinajstić information content (AvgIpc) is 3.58. The average molecular weight is 438 g/mol. The van der Waals surface area contributed by atoms with Gasteiger partial charge in [0.25, 0.3) is 0 Å². The van der Waals surface area contributed by atoms with Gasteiger partial charge in [-0.3, -0.25) is 9.79 Å². The Morgan fingerprint density at radius 1 is 1.31 bits per heavy atom. The number of unbranched alkanes of at least 4 members (excludes halogenated alkanes) is 2. The molecule has 32 heavy (non-hydrogen) atoms. The SMILES string of the molecule is COc1cc(-c2ccc[nH]2)[nH]c1C=C1C=CC(CCCCCNC(=O)C2COCCN2)=N1. The summed E-state index contributed by atoms with van der Waals surface area (Å²) in [4.78, 5) is 23.4. The maximum absolute atomic E-state index is 12.0. The molecule has 1 fully saturated rings. The number of nitrogens with zero attached hydrogens (tertiary/aromatic N) is 1. The van der Waals surface area contributed by atoms with Crippen molar-refractivity contribution in [2.75, 3.05) is 33.4 Å². The summed E-state index contributed by atoms with van der Waals surface area (Å²) in [6.07, 6.45) is 12.0. The number of rotatable bonds is 10. The summed E-state index contributed by atoms with van der Waals surface area (Å²) in [5, 5.41) is 6.15. The smallest absolute Gasteiger partial charge is 0.239 e. The van der Waals surface area contributed by atoms with E-state index in [4.69, 9.17) is 14.5 Å². The van der Waals surface area contributed by atoms with Gasteiger partial charge in [0.15, 0.2) is 0 Å². The van der Waals surface area contributed by atoms with E-state index in [0.717, 1.165) is 66.5 Å². The first-order chi connectivity index (χ1) is 15.7. The third-order valence-corrected chi connectivity index (χ3v) is 5.58. The number of aromatic nitrogens is 2. The largest absolute Gasteiger partial charge is 0.494 e. The Labute approximate surface area is 188 Å². The zero-order chi connectivity index (χ0) is 22.2. The lowest BCUT2D eigenvalue weighted by molar-refractivity contribution is -0.125. The Morgan fingerprint density at radius 2 is 2.25 bits per heavy atom. The molecular weight excluding hydrogens is 406 g/mol. The number of methoxy groups -OCH3 is 1. The number of aliphatic imine (C=N–C) groups is 1. The number of allylic oxidation sites excluding steroid dienone is 2. The lowest BCUT2D eigenvalue weighted by Gasteiger charge is -2.22. The third kappa shape index (κ3) is 5.77. The van der Waals surface area contributed by atoms with Crippen LogP contribution in [0.4, 0.5) is 0 Å². The fourth-order valence-electron chi connectivity index (χ4n) is 3.84. The van der Waals surface area contributed by atoms with Crippen molar-refractivity contribution in [3.8, 4) is 17.1 Å². The second kappa shape index (κ2) is 11.0. The van der Waals surface area contributed by atoms with E-state index in [1.807, 2.05) is 36.5 Å². The van der Waals surface area contributed by atoms with E-state index in [1.54, 1.807) is 7.11 Å². The molecule has 0 aliphatic carbocycles. The van der Waals surface area contributed by atoms with E-state index in [1.165, 1.54) is 0 Å². The second-order valence-corrected chi connectivity index (χ2v) is 7.94. The normalized spacial score (nSPS) is 19.3. The fourth-order valence-corrected chi connectivity index (χ4v) is 3.84. The van der Waals surface area contributed by atoms with Crippen LogP contribution in [0.1, 0.15) is 31.4 Å². The number of carbonyl (C=O) groups excluding carboxylic acids is 1. The zero-order valence-corrected chi connectivity index (χ0v) is 18.4. The summed E-state index contributed by atoms with van der Waals surface area (Å²) >= 11 is 0. The summed E-state index contributed by atoms with van der Waals surface area (Å²) < 4.78 is 10.8. The number of nitrogens with one attached hydrogen (secondary N) is 4. The maximum atomic E-state index is 12.0. The number of hydrogen-bond donors (Lipinski definition) is 4. The molecule has 1 unspecified atom stereocenters. The quantitative estimate of drug-likeness (QED) is 0.429. The first-order valence-corrected chi connectivity index (χ1v) is 11.2. The second-order valence-electron chi connectivity index (χ2n) is 7.94. The molecule has 0 aromatic carbocycles. The topological polar surface area (TPSA) is 104 Å². The van der Waals surface area contributed by atoms with Crippen LogP contribution >= 0.6 is 0 Å². The molecule has 1 amide bonds. The van der Waals surface area contributed by atoms with Gasteiger partial charge in [-0.1, -0.05) is 6.42 Å². The minimum Gasteiger partial charge on any atom is -0.494 e. The molecule has 170 valence electrons. The van der Waals surface area contributed by atoms with Gasteiger partial charge in [-0.15, -0.1) is 0 Å². The number of aromatic amines is 2. The molecule has 2 aliphatic rings. The summed E-state index contributed by atoms with van der Waals surface area (Å²) in [5.41, 5.74) is 4.88. The van der Waals surface area contributed by atoms with Crippen molar-refractivity contribution in [1.82, 2.24) is 20.6 Å². The number of morpholine rings is 1. The number of hydrogen-bond acceptors (Lipinski definition) is 5. The van der Waals surface area contributed by atoms with Crippen molar-refractivity contribution in [2.24, 2.45) is 4.99 Å². The van der Waals surface area contributed by atoms with Crippen LogP contribution in [-0.4, -0.2) is 61.0 Å². The van der Waals surface area contributed by atoms with Crippen molar-refractivity contribution >= 4 is 17.7 Å². The molecule has 4 heterocycles. The van der Waals surface area contributed by atoms with Gasteiger partial charge in [-0.25, -0.2) is 0 Å². The highest BCUT2D eigenvalue weighted by Gasteiger charge is 2.20. The summed E-state index contributed by atoms with van der Waals surface area (Å²) in [6, 6.07) is 5.75. The summed E-state index contributed by atoms with van der Waals surface area (Å²) in [5.74, 6) is 0.818. The maximum Gasteiger partial charge on any atom is 0.239 e. The van der Waals surface area contributed by atoms with Crippen LogP contribution in [0.3, 0.4) is 0 Å². The Hall–Kier alpha value is -3.10. The van der Waals surface area contributed by atoms with Gasteiger partial charge in [-0.2, -0.15) is 0 Å². The molecule has 1 saturated heterocycles.